The molecule has 0 aromatic rings. The highest BCUT2D eigenvalue weighted by molar-refractivity contribution is 4.91. The molecule has 0 aromatic heterocycles. The van der Waals surface area contributed by atoms with Gasteiger partial charge in [-0.3, -0.25) is 0 Å². The molecule has 0 unspecified atom stereocenters. The minimum absolute atomic E-state index is 0.526. The van der Waals surface area contributed by atoms with E-state index in [4.69, 9.17) is 4.74 Å². The van der Waals surface area contributed by atoms with E-state index in [1.54, 1.807) is 0 Å². The van der Waals surface area contributed by atoms with Gasteiger partial charge in [0.15, 0.2) is 0 Å². The van der Waals surface area contributed by atoms with Crippen molar-refractivity contribution in [3.63, 3.8) is 0 Å². The Hall–Kier alpha value is -0.0800. The molecule has 0 spiro atoms. The van der Waals surface area contributed by atoms with E-state index in [0.717, 1.165) is 25.2 Å². The summed E-state index contributed by atoms with van der Waals surface area (Å²) in [7, 11) is 2.08. The average Bonchev–Trinajstić information content (AvgIpc) is 2.14. The van der Waals surface area contributed by atoms with Crippen molar-refractivity contribution in [2.45, 2.75) is 38.6 Å². The van der Waals surface area contributed by atoms with Crippen molar-refractivity contribution in [1.82, 2.24) is 5.32 Å². The molecule has 1 saturated carbocycles. The van der Waals surface area contributed by atoms with E-state index in [-0.39, 0.29) is 0 Å². The molecular weight excluding hydrogens is 162 g/mol. The number of rotatable bonds is 2. The van der Waals surface area contributed by atoms with Gasteiger partial charge in [0.1, 0.15) is 0 Å². The largest absolute Gasteiger partial charge is 0.380 e. The molecule has 1 aliphatic heterocycles. The molecule has 0 bridgehead atoms. The zero-order chi connectivity index (χ0) is 9.31. The van der Waals surface area contributed by atoms with E-state index in [2.05, 4.69) is 19.3 Å². The molecule has 76 valence electrons. The van der Waals surface area contributed by atoms with E-state index in [9.17, 15) is 0 Å². The average molecular weight is 183 g/mol. The molecule has 13 heavy (non-hydrogen) atoms. The minimum atomic E-state index is 0.526. The first-order valence-corrected chi connectivity index (χ1v) is 5.49. The van der Waals surface area contributed by atoms with Crippen molar-refractivity contribution in [3.05, 3.63) is 0 Å². The Labute approximate surface area is 81.0 Å². The van der Waals surface area contributed by atoms with Crippen molar-refractivity contribution in [3.8, 4) is 0 Å². The fourth-order valence-electron chi connectivity index (χ4n) is 2.74. The van der Waals surface area contributed by atoms with Gasteiger partial charge in [-0.15, -0.1) is 0 Å². The van der Waals surface area contributed by atoms with Crippen molar-refractivity contribution in [2.75, 3.05) is 20.3 Å². The van der Waals surface area contributed by atoms with Crippen LogP contribution < -0.4 is 5.32 Å². The smallest absolute Gasteiger partial charge is 0.0544 e. The molecule has 2 nitrogen and oxygen atoms in total. The quantitative estimate of drug-likeness (QED) is 0.705. The molecular formula is C11H21NO. The van der Waals surface area contributed by atoms with E-state index in [1.165, 1.54) is 25.7 Å². The lowest BCUT2D eigenvalue weighted by molar-refractivity contribution is -0.141. The molecule has 0 amide bonds. The summed E-state index contributed by atoms with van der Waals surface area (Å²) in [6.07, 6.45) is 5.50. The maximum Gasteiger partial charge on any atom is 0.0544 e. The third-order valence-electron chi connectivity index (χ3n) is 3.98. The maximum absolute atomic E-state index is 5.33. The van der Waals surface area contributed by atoms with E-state index >= 15 is 0 Å². The van der Waals surface area contributed by atoms with Gasteiger partial charge in [0, 0.05) is 11.5 Å². The Kier molecular flexibility index (Phi) is 2.61. The lowest BCUT2D eigenvalue weighted by atomic mass is 9.68. The molecule has 0 radical (unpaired) electrons. The lowest BCUT2D eigenvalue weighted by Crippen LogP contribution is -2.48. The molecule has 1 N–H and O–H groups in total. The van der Waals surface area contributed by atoms with Gasteiger partial charge >= 0.3 is 0 Å². The fourth-order valence-corrected chi connectivity index (χ4v) is 2.74. The highest BCUT2D eigenvalue weighted by atomic mass is 16.5. The molecule has 2 rings (SSSR count). The minimum Gasteiger partial charge on any atom is -0.380 e. The predicted octanol–water partition coefficient (Wildman–Crippen LogP) is 1.80. The Balaban J connectivity index is 1.84. The fraction of sp³-hybridized carbons (Fsp3) is 1.00. The summed E-state index contributed by atoms with van der Waals surface area (Å²) >= 11 is 0. The summed E-state index contributed by atoms with van der Waals surface area (Å²) in [5.74, 6) is 0.922. The van der Waals surface area contributed by atoms with Crippen LogP contribution in [0.1, 0.15) is 32.6 Å². The van der Waals surface area contributed by atoms with E-state index < -0.39 is 0 Å². The summed E-state index contributed by atoms with van der Waals surface area (Å²) in [6, 6.07) is 0.779. The van der Waals surface area contributed by atoms with E-state index in [0.29, 0.717) is 5.41 Å². The van der Waals surface area contributed by atoms with Gasteiger partial charge in [-0.25, -0.2) is 0 Å². The van der Waals surface area contributed by atoms with Crippen molar-refractivity contribution < 1.29 is 4.74 Å². The Morgan fingerprint density at radius 1 is 1.15 bits per heavy atom. The number of ether oxygens (including phenoxy) is 1. The van der Waals surface area contributed by atoms with Crippen LogP contribution in [0.5, 0.6) is 0 Å². The second kappa shape index (κ2) is 3.58. The van der Waals surface area contributed by atoms with Crippen LogP contribution in [0.15, 0.2) is 0 Å². The molecule has 0 aromatic carbocycles. The van der Waals surface area contributed by atoms with Gasteiger partial charge in [-0.1, -0.05) is 6.92 Å². The highest BCUT2D eigenvalue weighted by Crippen LogP contribution is 2.43. The van der Waals surface area contributed by atoms with Crippen LogP contribution in [-0.4, -0.2) is 26.3 Å². The number of hydrogen-bond donors (Lipinski definition) is 1. The summed E-state index contributed by atoms with van der Waals surface area (Å²) in [5.41, 5.74) is 0.526. The topological polar surface area (TPSA) is 21.3 Å². The van der Waals surface area contributed by atoms with Gasteiger partial charge in [-0.05, 0) is 38.6 Å². The highest BCUT2D eigenvalue weighted by Gasteiger charge is 2.42. The first-order chi connectivity index (χ1) is 6.24. The summed E-state index contributed by atoms with van der Waals surface area (Å²) in [4.78, 5) is 0. The second-order valence-electron chi connectivity index (χ2n) is 4.98. The van der Waals surface area contributed by atoms with Crippen LogP contribution in [0, 0.1) is 11.3 Å². The van der Waals surface area contributed by atoms with Crippen molar-refractivity contribution in [1.29, 1.82) is 0 Å². The molecule has 0 atom stereocenters. The van der Waals surface area contributed by atoms with Gasteiger partial charge in [0.05, 0.1) is 13.2 Å². The Morgan fingerprint density at radius 2 is 1.77 bits per heavy atom. The zero-order valence-corrected chi connectivity index (χ0v) is 8.81. The van der Waals surface area contributed by atoms with Gasteiger partial charge in [0.2, 0.25) is 0 Å². The van der Waals surface area contributed by atoms with Crippen molar-refractivity contribution in [2.24, 2.45) is 11.3 Å². The van der Waals surface area contributed by atoms with Crippen LogP contribution in [0.4, 0.5) is 0 Å². The molecule has 2 heteroatoms. The summed E-state index contributed by atoms with van der Waals surface area (Å²) in [6.45, 7) is 4.39. The first-order valence-electron chi connectivity index (χ1n) is 5.49. The Bertz CT molecular complexity index is 169. The van der Waals surface area contributed by atoms with E-state index in [1.807, 2.05) is 0 Å². The number of nitrogens with one attached hydrogen (secondary N) is 1. The molecule has 1 saturated heterocycles. The third kappa shape index (κ3) is 1.75. The summed E-state index contributed by atoms with van der Waals surface area (Å²) < 4.78 is 5.33. The van der Waals surface area contributed by atoms with Gasteiger partial charge in [0.25, 0.3) is 0 Å². The molecule has 1 aliphatic carbocycles. The van der Waals surface area contributed by atoms with Crippen LogP contribution in [0.2, 0.25) is 0 Å². The molecule has 2 aliphatic rings. The van der Waals surface area contributed by atoms with Gasteiger partial charge in [-0.2, -0.15) is 0 Å². The maximum atomic E-state index is 5.33. The zero-order valence-electron chi connectivity index (χ0n) is 8.81. The predicted molar refractivity (Wildman–Crippen MR) is 53.7 cm³/mol. The normalized spacial score (nSPS) is 38.3. The van der Waals surface area contributed by atoms with Crippen LogP contribution >= 0.6 is 0 Å². The van der Waals surface area contributed by atoms with Crippen molar-refractivity contribution >= 4 is 0 Å². The second-order valence-corrected chi connectivity index (χ2v) is 4.98. The van der Waals surface area contributed by atoms with Crippen LogP contribution in [-0.2, 0) is 4.74 Å². The molecule has 1 heterocycles. The third-order valence-corrected chi connectivity index (χ3v) is 3.98. The van der Waals surface area contributed by atoms with Crippen LogP contribution in [0.3, 0.4) is 0 Å². The monoisotopic (exact) mass is 183 g/mol. The molecule has 2 fully saturated rings. The summed E-state index contributed by atoms with van der Waals surface area (Å²) in [5, 5.41) is 3.38. The van der Waals surface area contributed by atoms with Gasteiger partial charge < -0.3 is 10.1 Å². The SMILES string of the molecule is CNC1CCC(C2(C)COC2)CC1. The number of hydrogen-bond acceptors (Lipinski definition) is 2. The lowest BCUT2D eigenvalue weighted by Gasteiger charge is -2.47. The van der Waals surface area contributed by atoms with Crippen LogP contribution in [0.25, 0.3) is 0 Å². The Morgan fingerprint density at radius 3 is 2.15 bits per heavy atom. The standard InChI is InChI=1S/C11H21NO/c1-11(7-13-8-11)9-3-5-10(12-2)6-4-9/h9-10,12H,3-8H2,1-2H3. The first kappa shape index (κ1) is 9.47.